The normalized spacial score (nSPS) is 11.3. The van der Waals surface area contributed by atoms with Crippen LogP contribution < -0.4 is 14.8 Å². The van der Waals surface area contributed by atoms with Gasteiger partial charge in [0.05, 0.1) is 39.4 Å². The number of rotatable bonds is 7. The number of para-hydroxylation sites is 1. The summed E-state index contributed by atoms with van der Waals surface area (Å²) in [5, 5.41) is 2.87. The third kappa shape index (κ3) is 4.50. The Bertz CT molecular complexity index is 730. The highest BCUT2D eigenvalue weighted by Gasteiger charge is 2.22. The minimum atomic E-state index is -0.517. The third-order valence-electron chi connectivity index (χ3n) is 3.75. The van der Waals surface area contributed by atoms with Crippen LogP contribution >= 0.6 is 0 Å². The molecule has 2 rings (SSSR count). The molecule has 2 aromatic rings. The lowest BCUT2D eigenvalue weighted by Gasteiger charge is -2.19. The minimum absolute atomic E-state index is 0.0263. The van der Waals surface area contributed by atoms with Crippen molar-refractivity contribution in [1.29, 1.82) is 0 Å². The van der Waals surface area contributed by atoms with Gasteiger partial charge < -0.3 is 19.5 Å². The Morgan fingerprint density at radius 3 is 2.28 bits per heavy atom. The molecule has 1 atom stereocenters. The quantitative estimate of drug-likeness (QED) is 0.783. The van der Waals surface area contributed by atoms with Crippen molar-refractivity contribution in [3.8, 4) is 11.5 Å². The number of carbonyl (C=O) groups excluding carboxylic acids is 2. The van der Waals surface area contributed by atoms with Gasteiger partial charge in [0.2, 0.25) is 0 Å². The van der Waals surface area contributed by atoms with E-state index in [9.17, 15) is 9.59 Å². The van der Waals surface area contributed by atoms with E-state index in [2.05, 4.69) is 5.32 Å². The zero-order valence-electron chi connectivity index (χ0n) is 14.4. The summed E-state index contributed by atoms with van der Waals surface area (Å²) in [6.45, 7) is 0. The van der Waals surface area contributed by atoms with Gasteiger partial charge in [-0.1, -0.05) is 36.4 Å². The van der Waals surface area contributed by atoms with E-state index in [0.717, 1.165) is 5.56 Å². The number of hydrogen-bond donors (Lipinski definition) is 1. The largest absolute Gasteiger partial charge is 0.493 e. The Morgan fingerprint density at radius 2 is 1.68 bits per heavy atom. The molecule has 0 fully saturated rings. The van der Waals surface area contributed by atoms with E-state index in [4.69, 9.17) is 14.2 Å². The van der Waals surface area contributed by atoms with Gasteiger partial charge in [-0.25, -0.2) is 0 Å². The van der Waals surface area contributed by atoms with E-state index in [0.29, 0.717) is 17.1 Å². The van der Waals surface area contributed by atoms with Gasteiger partial charge in [-0.05, 0) is 17.7 Å². The molecule has 0 spiro atoms. The summed E-state index contributed by atoms with van der Waals surface area (Å²) in [6, 6.07) is 13.8. The lowest BCUT2D eigenvalue weighted by atomic mass is 10.0. The van der Waals surface area contributed by atoms with Crippen molar-refractivity contribution in [3.05, 3.63) is 59.7 Å². The lowest BCUT2D eigenvalue weighted by molar-refractivity contribution is -0.141. The van der Waals surface area contributed by atoms with Crippen molar-refractivity contribution in [2.45, 2.75) is 12.5 Å². The number of hydrogen-bond acceptors (Lipinski definition) is 5. The van der Waals surface area contributed by atoms with Crippen molar-refractivity contribution >= 4 is 11.9 Å². The van der Waals surface area contributed by atoms with E-state index in [1.807, 2.05) is 30.3 Å². The number of ether oxygens (including phenoxy) is 3. The predicted molar refractivity (Wildman–Crippen MR) is 92.8 cm³/mol. The zero-order chi connectivity index (χ0) is 18.2. The topological polar surface area (TPSA) is 73.9 Å². The smallest absolute Gasteiger partial charge is 0.307 e. The molecule has 0 bridgehead atoms. The fourth-order valence-corrected chi connectivity index (χ4v) is 2.49. The first-order valence-corrected chi connectivity index (χ1v) is 7.74. The molecule has 0 aliphatic carbocycles. The van der Waals surface area contributed by atoms with Crippen molar-refractivity contribution in [3.63, 3.8) is 0 Å². The summed E-state index contributed by atoms with van der Waals surface area (Å²) in [5.41, 5.74) is 1.13. The molecule has 6 nitrogen and oxygen atoms in total. The maximum absolute atomic E-state index is 12.7. The fourth-order valence-electron chi connectivity index (χ4n) is 2.49. The Hall–Kier alpha value is -3.02. The van der Waals surface area contributed by atoms with Gasteiger partial charge in [-0.3, -0.25) is 9.59 Å². The van der Waals surface area contributed by atoms with Gasteiger partial charge >= 0.3 is 5.97 Å². The van der Waals surface area contributed by atoms with Crippen LogP contribution in [0.15, 0.2) is 48.5 Å². The van der Waals surface area contributed by atoms with E-state index in [1.54, 1.807) is 18.2 Å². The van der Waals surface area contributed by atoms with Gasteiger partial charge in [0.25, 0.3) is 5.91 Å². The Labute approximate surface area is 146 Å². The molecule has 0 saturated heterocycles. The van der Waals surface area contributed by atoms with E-state index < -0.39 is 12.0 Å². The highest BCUT2D eigenvalue weighted by Crippen LogP contribution is 2.31. The molecule has 1 N–H and O–H groups in total. The van der Waals surface area contributed by atoms with E-state index in [-0.39, 0.29) is 12.3 Å². The first-order valence-electron chi connectivity index (χ1n) is 7.74. The summed E-state index contributed by atoms with van der Waals surface area (Å²) >= 11 is 0. The summed E-state index contributed by atoms with van der Waals surface area (Å²) in [7, 11) is 4.29. The van der Waals surface area contributed by atoms with Gasteiger partial charge in [-0.15, -0.1) is 0 Å². The second-order valence-corrected chi connectivity index (χ2v) is 5.26. The average molecular weight is 343 g/mol. The van der Waals surface area contributed by atoms with Gasteiger partial charge in [0, 0.05) is 0 Å². The molecule has 132 valence electrons. The number of nitrogens with one attached hydrogen (secondary N) is 1. The van der Waals surface area contributed by atoms with Crippen molar-refractivity contribution in [1.82, 2.24) is 5.32 Å². The number of benzene rings is 2. The Morgan fingerprint density at radius 1 is 0.960 bits per heavy atom. The molecule has 0 aliphatic heterocycles. The van der Waals surface area contributed by atoms with Crippen LogP contribution in [-0.4, -0.2) is 33.2 Å². The van der Waals surface area contributed by atoms with Gasteiger partial charge in [-0.2, -0.15) is 0 Å². The van der Waals surface area contributed by atoms with Crippen molar-refractivity contribution < 1.29 is 23.8 Å². The molecular formula is C19H21NO5. The number of amides is 1. The lowest BCUT2D eigenvalue weighted by Crippen LogP contribution is -2.30. The third-order valence-corrected chi connectivity index (χ3v) is 3.75. The molecule has 0 aromatic heterocycles. The van der Waals surface area contributed by atoms with Crippen LogP contribution in [0.2, 0.25) is 0 Å². The molecule has 2 aromatic carbocycles. The molecule has 0 aliphatic rings. The van der Waals surface area contributed by atoms with Crippen LogP contribution in [0.1, 0.15) is 28.4 Å². The van der Waals surface area contributed by atoms with Crippen LogP contribution in [0.3, 0.4) is 0 Å². The number of methoxy groups -OCH3 is 3. The maximum atomic E-state index is 12.7. The second kappa shape index (κ2) is 8.73. The molecule has 1 amide bonds. The Kier molecular flexibility index (Phi) is 6.39. The molecule has 0 radical (unpaired) electrons. The highest BCUT2D eigenvalue weighted by molar-refractivity contribution is 5.98. The first-order chi connectivity index (χ1) is 12.1. The van der Waals surface area contributed by atoms with E-state index >= 15 is 0 Å². The van der Waals surface area contributed by atoms with Crippen LogP contribution in [0, 0.1) is 0 Å². The summed E-state index contributed by atoms with van der Waals surface area (Å²) in [4.78, 5) is 24.5. The van der Waals surface area contributed by atoms with Gasteiger partial charge in [0.15, 0.2) is 11.5 Å². The monoisotopic (exact) mass is 343 g/mol. The van der Waals surface area contributed by atoms with Crippen LogP contribution in [0.4, 0.5) is 0 Å². The number of esters is 1. The fraction of sp³-hybridized carbons (Fsp3) is 0.263. The molecular weight excluding hydrogens is 322 g/mol. The second-order valence-electron chi connectivity index (χ2n) is 5.26. The molecule has 6 heteroatoms. The highest BCUT2D eigenvalue weighted by atomic mass is 16.5. The molecule has 0 heterocycles. The van der Waals surface area contributed by atoms with Crippen LogP contribution in [0.25, 0.3) is 0 Å². The summed E-state index contributed by atoms with van der Waals surface area (Å²) in [6.07, 6.45) is 0.0263. The summed E-state index contributed by atoms with van der Waals surface area (Å²) < 4.78 is 15.3. The zero-order valence-corrected chi connectivity index (χ0v) is 14.4. The SMILES string of the molecule is COC(=O)C[C@H](NC(=O)c1cccc(OC)c1OC)c1ccccc1. The first kappa shape index (κ1) is 18.3. The molecule has 0 saturated carbocycles. The average Bonchev–Trinajstić information content (AvgIpc) is 2.67. The Balaban J connectivity index is 2.30. The van der Waals surface area contributed by atoms with Gasteiger partial charge in [0.1, 0.15) is 0 Å². The maximum Gasteiger partial charge on any atom is 0.307 e. The van der Waals surface area contributed by atoms with Crippen LogP contribution in [0.5, 0.6) is 11.5 Å². The van der Waals surface area contributed by atoms with Crippen LogP contribution in [-0.2, 0) is 9.53 Å². The van der Waals surface area contributed by atoms with Crippen molar-refractivity contribution in [2.75, 3.05) is 21.3 Å². The molecule has 0 unspecified atom stereocenters. The number of carbonyl (C=O) groups is 2. The standard InChI is InChI=1S/C19H21NO5/c1-23-16-11-7-10-14(18(16)25-3)19(22)20-15(12-17(21)24-2)13-8-5-4-6-9-13/h4-11,15H,12H2,1-3H3,(H,20,22)/t15-/m0/s1. The van der Waals surface area contributed by atoms with Crippen molar-refractivity contribution in [2.24, 2.45) is 0 Å². The summed E-state index contributed by atoms with van der Waals surface area (Å²) in [5.74, 6) is 0.0204. The van der Waals surface area contributed by atoms with E-state index in [1.165, 1.54) is 21.3 Å². The molecule has 25 heavy (non-hydrogen) atoms. The minimum Gasteiger partial charge on any atom is -0.493 e. The predicted octanol–water partition coefficient (Wildman–Crippen LogP) is 2.74.